The Bertz CT molecular complexity index is 541. The molecule has 1 atom stereocenters. The van der Waals surface area contributed by atoms with Crippen LogP contribution >= 0.6 is 0 Å². The summed E-state index contributed by atoms with van der Waals surface area (Å²) in [5, 5.41) is 14.0. The quantitative estimate of drug-likeness (QED) is 0.844. The summed E-state index contributed by atoms with van der Waals surface area (Å²) < 4.78 is 0. The molecule has 1 amide bonds. The van der Waals surface area contributed by atoms with Gasteiger partial charge in [-0.1, -0.05) is 0 Å². The largest absolute Gasteiger partial charge is 0.481 e. The van der Waals surface area contributed by atoms with Crippen LogP contribution in [0.25, 0.3) is 0 Å². The van der Waals surface area contributed by atoms with Gasteiger partial charge in [0.1, 0.15) is 6.33 Å². The molecule has 1 aromatic rings. The molecule has 2 heterocycles. The standard InChI is InChI=1S/C11H12N4O3/c1-6-3-9(13-5-12-6)15-11(18)8(4-10(16)17)7(2)14-15/h3,5,8H,4H2,1-2H3,(H,16,17). The monoisotopic (exact) mass is 248 g/mol. The SMILES string of the molecule is CC1=NN(c2cc(C)ncn2)C(=O)C1CC(=O)O. The molecule has 1 N–H and O–H groups in total. The molecule has 18 heavy (non-hydrogen) atoms. The number of amides is 1. The van der Waals surface area contributed by atoms with Crippen molar-refractivity contribution in [2.24, 2.45) is 11.0 Å². The maximum Gasteiger partial charge on any atom is 0.304 e. The number of carbonyl (C=O) groups excluding carboxylic acids is 1. The number of carboxylic acids is 1. The average molecular weight is 248 g/mol. The van der Waals surface area contributed by atoms with E-state index in [9.17, 15) is 9.59 Å². The van der Waals surface area contributed by atoms with Crippen molar-refractivity contribution in [1.29, 1.82) is 0 Å². The van der Waals surface area contributed by atoms with Gasteiger partial charge in [0.2, 0.25) is 0 Å². The van der Waals surface area contributed by atoms with Gasteiger partial charge >= 0.3 is 5.97 Å². The number of carbonyl (C=O) groups is 2. The smallest absolute Gasteiger partial charge is 0.304 e. The minimum atomic E-state index is -1.02. The fourth-order valence-electron chi connectivity index (χ4n) is 1.73. The predicted octanol–water partition coefficient (Wildman–Crippen LogP) is 0.598. The molecule has 1 aliphatic heterocycles. The van der Waals surface area contributed by atoms with Gasteiger partial charge in [0, 0.05) is 17.5 Å². The highest BCUT2D eigenvalue weighted by molar-refractivity contribution is 6.15. The molecular formula is C11H12N4O3. The van der Waals surface area contributed by atoms with Crippen molar-refractivity contribution in [2.75, 3.05) is 5.01 Å². The Morgan fingerprint density at radius 1 is 1.44 bits per heavy atom. The molecule has 1 unspecified atom stereocenters. The van der Waals surface area contributed by atoms with E-state index in [2.05, 4.69) is 15.1 Å². The van der Waals surface area contributed by atoms with E-state index in [0.29, 0.717) is 17.2 Å². The van der Waals surface area contributed by atoms with Gasteiger partial charge in [-0.25, -0.2) is 9.97 Å². The molecule has 0 aliphatic carbocycles. The van der Waals surface area contributed by atoms with Crippen LogP contribution in [-0.4, -0.2) is 32.7 Å². The van der Waals surface area contributed by atoms with E-state index < -0.39 is 11.9 Å². The number of rotatable bonds is 3. The van der Waals surface area contributed by atoms with Crippen molar-refractivity contribution in [3.63, 3.8) is 0 Å². The Morgan fingerprint density at radius 3 is 2.78 bits per heavy atom. The zero-order valence-electron chi connectivity index (χ0n) is 9.99. The lowest BCUT2D eigenvalue weighted by atomic mass is 10.0. The highest BCUT2D eigenvalue weighted by atomic mass is 16.4. The van der Waals surface area contributed by atoms with Crippen molar-refractivity contribution in [2.45, 2.75) is 20.3 Å². The first-order valence-electron chi connectivity index (χ1n) is 5.38. The summed E-state index contributed by atoms with van der Waals surface area (Å²) >= 11 is 0. The van der Waals surface area contributed by atoms with E-state index >= 15 is 0 Å². The normalized spacial score (nSPS) is 19.0. The van der Waals surface area contributed by atoms with E-state index in [1.807, 2.05) is 0 Å². The summed E-state index contributed by atoms with van der Waals surface area (Å²) in [6.07, 6.45) is 1.09. The van der Waals surface area contributed by atoms with Gasteiger partial charge in [-0.05, 0) is 13.8 Å². The molecule has 0 saturated heterocycles. The maximum atomic E-state index is 12.1. The number of aliphatic carboxylic acids is 1. The number of hydrogen-bond acceptors (Lipinski definition) is 5. The van der Waals surface area contributed by atoms with Gasteiger partial charge in [0.25, 0.3) is 5.91 Å². The highest BCUT2D eigenvalue weighted by Crippen LogP contribution is 2.24. The lowest BCUT2D eigenvalue weighted by Crippen LogP contribution is -2.29. The first-order valence-corrected chi connectivity index (χ1v) is 5.38. The first-order chi connectivity index (χ1) is 8.49. The second-order valence-electron chi connectivity index (χ2n) is 4.06. The molecule has 0 bridgehead atoms. The topological polar surface area (TPSA) is 95.8 Å². The van der Waals surface area contributed by atoms with Crippen molar-refractivity contribution < 1.29 is 14.7 Å². The van der Waals surface area contributed by atoms with Crippen LogP contribution in [0.1, 0.15) is 19.0 Å². The van der Waals surface area contributed by atoms with Crippen molar-refractivity contribution in [3.8, 4) is 0 Å². The van der Waals surface area contributed by atoms with Gasteiger partial charge < -0.3 is 5.11 Å². The number of nitrogens with zero attached hydrogens (tertiary/aromatic N) is 4. The van der Waals surface area contributed by atoms with E-state index in [1.165, 1.54) is 6.33 Å². The van der Waals surface area contributed by atoms with Gasteiger partial charge in [0.15, 0.2) is 5.82 Å². The molecule has 0 spiro atoms. The minimum absolute atomic E-state index is 0.255. The second kappa shape index (κ2) is 4.52. The molecule has 0 aromatic carbocycles. The molecule has 7 heteroatoms. The van der Waals surface area contributed by atoms with E-state index in [0.717, 1.165) is 5.01 Å². The van der Waals surface area contributed by atoms with E-state index in [4.69, 9.17) is 5.11 Å². The summed E-state index contributed by atoms with van der Waals surface area (Å²) in [4.78, 5) is 30.6. The van der Waals surface area contributed by atoms with Gasteiger partial charge in [0.05, 0.1) is 12.3 Å². The Balaban J connectivity index is 2.28. The van der Waals surface area contributed by atoms with Gasteiger partial charge in [-0.3, -0.25) is 9.59 Å². The van der Waals surface area contributed by atoms with Crippen molar-refractivity contribution in [1.82, 2.24) is 9.97 Å². The van der Waals surface area contributed by atoms with Crippen LogP contribution < -0.4 is 5.01 Å². The van der Waals surface area contributed by atoms with Crippen LogP contribution in [0.5, 0.6) is 0 Å². The lowest BCUT2D eigenvalue weighted by Gasteiger charge is -2.12. The first kappa shape index (κ1) is 12.2. The molecule has 1 aliphatic rings. The van der Waals surface area contributed by atoms with Crippen LogP contribution in [0.2, 0.25) is 0 Å². The third kappa shape index (κ3) is 2.20. The second-order valence-corrected chi connectivity index (χ2v) is 4.06. The minimum Gasteiger partial charge on any atom is -0.481 e. The fourth-order valence-corrected chi connectivity index (χ4v) is 1.73. The number of aromatic nitrogens is 2. The predicted molar refractivity (Wildman–Crippen MR) is 63.1 cm³/mol. The third-order valence-electron chi connectivity index (χ3n) is 2.65. The van der Waals surface area contributed by atoms with Gasteiger partial charge in [-0.2, -0.15) is 10.1 Å². The van der Waals surface area contributed by atoms with Crippen LogP contribution in [0, 0.1) is 12.8 Å². The zero-order chi connectivity index (χ0) is 13.3. The van der Waals surface area contributed by atoms with E-state index in [1.54, 1.807) is 19.9 Å². The van der Waals surface area contributed by atoms with Gasteiger partial charge in [-0.15, -0.1) is 0 Å². The van der Waals surface area contributed by atoms with Crippen LogP contribution in [0.4, 0.5) is 5.82 Å². The number of anilines is 1. The number of hydrazone groups is 1. The van der Waals surface area contributed by atoms with Crippen molar-refractivity contribution in [3.05, 3.63) is 18.1 Å². The number of hydrogen-bond donors (Lipinski definition) is 1. The van der Waals surface area contributed by atoms with Crippen molar-refractivity contribution >= 4 is 23.4 Å². The van der Waals surface area contributed by atoms with Crippen LogP contribution in [0.15, 0.2) is 17.5 Å². The summed E-state index contributed by atoms with van der Waals surface area (Å²) in [7, 11) is 0. The van der Waals surface area contributed by atoms with E-state index in [-0.39, 0.29) is 12.3 Å². The zero-order valence-corrected chi connectivity index (χ0v) is 9.99. The molecular weight excluding hydrogens is 236 g/mol. The molecule has 2 rings (SSSR count). The van der Waals surface area contributed by atoms with Crippen LogP contribution in [-0.2, 0) is 9.59 Å². The Labute approximate surface area is 103 Å². The average Bonchev–Trinajstić information content (AvgIpc) is 2.56. The molecule has 0 radical (unpaired) electrons. The summed E-state index contributed by atoms with van der Waals surface area (Å²) in [6.45, 7) is 3.41. The Hall–Kier alpha value is -2.31. The maximum absolute atomic E-state index is 12.1. The molecule has 7 nitrogen and oxygen atoms in total. The highest BCUT2D eigenvalue weighted by Gasteiger charge is 2.36. The molecule has 0 saturated carbocycles. The fraction of sp³-hybridized carbons (Fsp3) is 0.364. The Kier molecular flexibility index (Phi) is 3.05. The van der Waals surface area contributed by atoms with Crippen LogP contribution in [0.3, 0.4) is 0 Å². The molecule has 94 valence electrons. The lowest BCUT2D eigenvalue weighted by molar-refractivity contribution is -0.139. The number of aryl methyl sites for hydroxylation is 1. The summed E-state index contributed by atoms with van der Waals surface area (Å²) in [5.74, 6) is -1.74. The molecule has 1 aromatic heterocycles. The molecule has 0 fully saturated rings. The third-order valence-corrected chi connectivity index (χ3v) is 2.65. The number of carboxylic acid groups (broad SMARTS) is 1. The Morgan fingerprint density at radius 2 is 2.17 bits per heavy atom. The summed E-state index contributed by atoms with van der Waals surface area (Å²) in [5.41, 5.74) is 1.20. The summed E-state index contributed by atoms with van der Waals surface area (Å²) in [6, 6.07) is 1.62.